The van der Waals surface area contributed by atoms with Gasteiger partial charge >= 0.3 is 0 Å². The van der Waals surface area contributed by atoms with Crippen LogP contribution in [0, 0.1) is 5.41 Å². The zero-order valence-electron chi connectivity index (χ0n) is 12.0. The van der Waals surface area contributed by atoms with Gasteiger partial charge in [-0.05, 0) is 18.6 Å². The standard InChI is InChI=1S/C14H21N5O/c1-3-4-5-8-11-10(7-6-9-20-11)12-13(15)17-14(16)19(2)18-12/h6-7H,3-5,8-9H2,1-2H3,(H3,15,16,17). The summed E-state index contributed by atoms with van der Waals surface area (Å²) in [5, 5.41) is 11.9. The van der Waals surface area contributed by atoms with Crippen LogP contribution < -0.4 is 11.4 Å². The molecule has 0 saturated carbocycles. The highest BCUT2D eigenvalue weighted by atomic mass is 16.5. The molecule has 1 aromatic heterocycles. The third-order valence-electron chi connectivity index (χ3n) is 3.23. The van der Waals surface area contributed by atoms with E-state index < -0.39 is 0 Å². The number of nitrogen functional groups attached to an aromatic ring is 1. The molecule has 1 aromatic rings. The van der Waals surface area contributed by atoms with Crippen molar-refractivity contribution in [3.63, 3.8) is 0 Å². The number of hydrogen-bond donors (Lipinski definition) is 2. The van der Waals surface area contributed by atoms with Gasteiger partial charge in [0.1, 0.15) is 18.1 Å². The molecule has 0 aliphatic carbocycles. The fourth-order valence-electron chi connectivity index (χ4n) is 2.12. The fraction of sp³-hybridized carbons (Fsp3) is 0.500. The molecule has 2 heterocycles. The number of rotatable bonds is 5. The summed E-state index contributed by atoms with van der Waals surface area (Å²) in [4.78, 5) is 4.00. The van der Waals surface area contributed by atoms with Crippen LogP contribution in [0.2, 0.25) is 0 Å². The minimum absolute atomic E-state index is 0.0418. The van der Waals surface area contributed by atoms with Gasteiger partial charge in [-0.1, -0.05) is 19.8 Å². The Morgan fingerprint density at radius 1 is 1.45 bits per heavy atom. The second kappa shape index (κ2) is 6.36. The van der Waals surface area contributed by atoms with E-state index in [9.17, 15) is 0 Å². The lowest BCUT2D eigenvalue weighted by Crippen LogP contribution is -2.26. The van der Waals surface area contributed by atoms with Gasteiger partial charge in [0.25, 0.3) is 0 Å². The van der Waals surface area contributed by atoms with Crippen LogP contribution in [0.25, 0.3) is 5.57 Å². The molecule has 0 bridgehead atoms. The van der Waals surface area contributed by atoms with Gasteiger partial charge in [0, 0.05) is 19.0 Å². The van der Waals surface area contributed by atoms with E-state index in [1.54, 1.807) is 7.05 Å². The third kappa shape index (κ3) is 3.07. The molecule has 0 saturated heterocycles. The largest absolute Gasteiger partial charge is 0.493 e. The normalized spacial score (nSPS) is 14.5. The number of unbranched alkanes of at least 4 members (excludes halogenated alkanes) is 2. The lowest BCUT2D eigenvalue weighted by atomic mass is 10.0. The molecule has 0 atom stereocenters. The molecule has 6 nitrogen and oxygen atoms in total. The van der Waals surface area contributed by atoms with E-state index in [0.717, 1.165) is 24.2 Å². The quantitative estimate of drug-likeness (QED) is 0.801. The summed E-state index contributed by atoms with van der Waals surface area (Å²) in [6, 6.07) is 0. The summed E-state index contributed by atoms with van der Waals surface area (Å²) < 4.78 is 7.14. The Morgan fingerprint density at radius 3 is 3.00 bits per heavy atom. The van der Waals surface area contributed by atoms with Crippen molar-refractivity contribution in [3.05, 3.63) is 29.2 Å². The van der Waals surface area contributed by atoms with E-state index in [2.05, 4.69) is 17.0 Å². The number of hydrogen-bond acceptors (Lipinski definition) is 5. The Hall–Kier alpha value is -2.11. The molecule has 6 heteroatoms. The van der Waals surface area contributed by atoms with Crippen LogP contribution >= 0.6 is 0 Å². The summed E-state index contributed by atoms with van der Waals surface area (Å²) in [5.41, 5.74) is 7.42. The first kappa shape index (κ1) is 14.3. The van der Waals surface area contributed by atoms with Gasteiger partial charge in [0.05, 0.1) is 0 Å². The second-order valence-electron chi connectivity index (χ2n) is 4.80. The first-order valence-electron chi connectivity index (χ1n) is 6.91. The maximum atomic E-state index is 7.60. The molecular weight excluding hydrogens is 254 g/mol. The summed E-state index contributed by atoms with van der Waals surface area (Å²) in [6.45, 7) is 2.76. The SMILES string of the molecule is CCCCCC1=C(c2nn(C)c(=N)nc2N)C=CCO1. The van der Waals surface area contributed by atoms with Gasteiger partial charge < -0.3 is 10.5 Å². The Bertz CT molecular complexity index is 600. The minimum atomic E-state index is 0.0418. The molecule has 0 fully saturated rings. The maximum Gasteiger partial charge on any atom is 0.240 e. The van der Waals surface area contributed by atoms with Crippen molar-refractivity contribution >= 4 is 11.4 Å². The molecular formula is C14H21N5O. The highest BCUT2D eigenvalue weighted by molar-refractivity contribution is 5.78. The second-order valence-corrected chi connectivity index (χ2v) is 4.80. The first-order chi connectivity index (χ1) is 9.63. The van der Waals surface area contributed by atoms with Crippen molar-refractivity contribution in [1.29, 1.82) is 5.41 Å². The fourth-order valence-corrected chi connectivity index (χ4v) is 2.12. The van der Waals surface area contributed by atoms with Crippen molar-refractivity contribution in [2.45, 2.75) is 32.6 Å². The van der Waals surface area contributed by atoms with Crippen molar-refractivity contribution in [2.75, 3.05) is 12.3 Å². The Balaban J connectivity index is 2.38. The zero-order valence-corrected chi connectivity index (χ0v) is 12.0. The van der Waals surface area contributed by atoms with Crippen LogP contribution in [0.15, 0.2) is 17.9 Å². The molecule has 20 heavy (non-hydrogen) atoms. The van der Waals surface area contributed by atoms with Gasteiger partial charge in [-0.3, -0.25) is 5.41 Å². The van der Waals surface area contributed by atoms with Crippen LogP contribution in [0.3, 0.4) is 0 Å². The monoisotopic (exact) mass is 275 g/mol. The minimum Gasteiger partial charge on any atom is -0.493 e. The van der Waals surface area contributed by atoms with E-state index >= 15 is 0 Å². The number of allylic oxidation sites excluding steroid dienone is 3. The van der Waals surface area contributed by atoms with Crippen LogP contribution in [0.1, 0.15) is 38.3 Å². The Labute approximate surface area is 118 Å². The number of anilines is 1. The molecule has 3 N–H and O–H groups in total. The number of nitrogens with one attached hydrogen (secondary N) is 1. The molecule has 1 aliphatic rings. The molecule has 0 radical (unpaired) electrons. The third-order valence-corrected chi connectivity index (χ3v) is 3.23. The molecule has 0 aromatic carbocycles. The summed E-state index contributed by atoms with van der Waals surface area (Å²) in [6.07, 6.45) is 8.22. The molecule has 1 aliphatic heterocycles. The molecule has 2 rings (SSSR count). The number of nitrogens with two attached hydrogens (primary N) is 1. The van der Waals surface area contributed by atoms with Crippen molar-refractivity contribution in [1.82, 2.24) is 14.8 Å². The topological polar surface area (TPSA) is 89.8 Å². The molecule has 0 amide bonds. The maximum absolute atomic E-state index is 7.60. The molecule has 108 valence electrons. The molecule has 0 spiro atoms. The first-order valence-corrected chi connectivity index (χ1v) is 6.91. The molecule has 0 unspecified atom stereocenters. The summed E-state index contributed by atoms with van der Waals surface area (Å²) >= 11 is 0. The van der Waals surface area contributed by atoms with Gasteiger partial charge in [0.15, 0.2) is 5.82 Å². The van der Waals surface area contributed by atoms with Gasteiger partial charge in [-0.2, -0.15) is 10.1 Å². The van der Waals surface area contributed by atoms with E-state index in [1.807, 2.05) is 12.2 Å². The van der Waals surface area contributed by atoms with Crippen LogP contribution in [-0.4, -0.2) is 21.4 Å². The predicted molar refractivity (Wildman–Crippen MR) is 77.4 cm³/mol. The van der Waals surface area contributed by atoms with Crippen molar-refractivity contribution in [2.24, 2.45) is 7.05 Å². The van der Waals surface area contributed by atoms with Crippen molar-refractivity contribution < 1.29 is 4.74 Å². The Morgan fingerprint density at radius 2 is 2.25 bits per heavy atom. The Kier molecular flexibility index (Phi) is 4.55. The van der Waals surface area contributed by atoms with Gasteiger partial charge in [-0.25, -0.2) is 4.68 Å². The van der Waals surface area contributed by atoms with E-state index in [-0.39, 0.29) is 11.4 Å². The highest BCUT2D eigenvalue weighted by Crippen LogP contribution is 2.28. The van der Waals surface area contributed by atoms with Crippen LogP contribution in [0.4, 0.5) is 5.82 Å². The number of ether oxygens (including phenoxy) is 1. The van der Waals surface area contributed by atoms with Gasteiger partial charge in [-0.15, -0.1) is 0 Å². The van der Waals surface area contributed by atoms with E-state index in [0.29, 0.717) is 12.3 Å². The zero-order chi connectivity index (χ0) is 14.5. The van der Waals surface area contributed by atoms with Crippen LogP contribution in [-0.2, 0) is 11.8 Å². The average molecular weight is 275 g/mol. The predicted octanol–water partition coefficient (Wildman–Crippen LogP) is 1.75. The van der Waals surface area contributed by atoms with E-state index in [1.165, 1.54) is 17.5 Å². The average Bonchev–Trinajstić information content (AvgIpc) is 2.44. The summed E-state index contributed by atoms with van der Waals surface area (Å²) in [5.74, 6) is 1.19. The lowest BCUT2D eigenvalue weighted by Gasteiger charge is -2.18. The number of nitrogens with zero attached hydrogens (tertiary/aromatic N) is 3. The van der Waals surface area contributed by atoms with E-state index in [4.69, 9.17) is 15.9 Å². The number of aryl methyl sites for hydroxylation is 1. The number of aromatic nitrogens is 3. The van der Waals surface area contributed by atoms with Crippen LogP contribution in [0.5, 0.6) is 0 Å². The smallest absolute Gasteiger partial charge is 0.240 e. The lowest BCUT2D eigenvalue weighted by molar-refractivity contribution is 0.232. The van der Waals surface area contributed by atoms with Gasteiger partial charge in [0.2, 0.25) is 5.62 Å². The highest BCUT2D eigenvalue weighted by Gasteiger charge is 2.17. The summed E-state index contributed by atoms with van der Waals surface area (Å²) in [7, 11) is 1.68. The van der Waals surface area contributed by atoms with Crippen molar-refractivity contribution in [3.8, 4) is 0 Å².